The standard InChI is InChI=1S/C21H25ClN6OS/c1-13-7-6-8-15(22)19(13)27-20(29)16-12-23-21(30-16)26-17-11-18(25-14(2)24-17)28-9-4-3-5-10-28/h6-8,11-12,20,27,29H,3-5,9-10H2,1-2H3,(H,23,24,25,26). The van der Waals surface area contributed by atoms with Crippen molar-refractivity contribution in [3.05, 3.63) is 51.7 Å². The Labute approximate surface area is 185 Å². The van der Waals surface area contributed by atoms with Crippen molar-refractivity contribution in [2.24, 2.45) is 0 Å². The maximum Gasteiger partial charge on any atom is 0.188 e. The Morgan fingerprint density at radius 3 is 2.73 bits per heavy atom. The Balaban J connectivity index is 1.47. The van der Waals surface area contributed by atoms with E-state index in [0.29, 0.717) is 32.4 Å². The first-order valence-corrected chi connectivity index (χ1v) is 11.2. The second-order valence-electron chi connectivity index (χ2n) is 7.38. The lowest BCUT2D eigenvalue weighted by molar-refractivity contribution is 0.212. The summed E-state index contributed by atoms with van der Waals surface area (Å²) in [6, 6.07) is 7.57. The molecule has 0 amide bonds. The molecule has 9 heteroatoms. The van der Waals surface area contributed by atoms with Gasteiger partial charge in [-0.3, -0.25) is 0 Å². The molecular formula is C21H25ClN6OS. The van der Waals surface area contributed by atoms with Gasteiger partial charge in [-0.05, 0) is 44.7 Å². The van der Waals surface area contributed by atoms with E-state index in [2.05, 4.69) is 30.5 Å². The van der Waals surface area contributed by atoms with Crippen LogP contribution in [0.4, 0.5) is 22.5 Å². The van der Waals surface area contributed by atoms with Crippen LogP contribution in [0.25, 0.3) is 0 Å². The largest absolute Gasteiger partial charge is 0.369 e. The number of piperidine rings is 1. The molecule has 0 radical (unpaired) electrons. The molecule has 1 aliphatic rings. The second-order valence-corrected chi connectivity index (χ2v) is 8.85. The van der Waals surface area contributed by atoms with Gasteiger partial charge >= 0.3 is 0 Å². The van der Waals surface area contributed by atoms with Gasteiger partial charge < -0.3 is 20.6 Å². The number of rotatable bonds is 6. The Morgan fingerprint density at radius 2 is 1.97 bits per heavy atom. The van der Waals surface area contributed by atoms with Crippen molar-refractivity contribution in [2.75, 3.05) is 28.6 Å². The van der Waals surface area contributed by atoms with E-state index in [0.717, 1.165) is 24.5 Å². The number of aliphatic hydroxyl groups excluding tert-OH is 1. The predicted molar refractivity (Wildman–Crippen MR) is 123 cm³/mol. The molecule has 1 unspecified atom stereocenters. The van der Waals surface area contributed by atoms with Gasteiger partial charge in [0.05, 0.1) is 15.6 Å². The van der Waals surface area contributed by atoms with Crippen LogP contribution in [0.15, 0.2) is 30.5 Å². The number of aromatic nitrogens is 3. The molecule has 3 N–H and O–H groups in total. The minimum absolute atomic E-state index is 0.568. The van der Waals surface area contributed by atoms with Crippen LogP contribution in [0, 0.1) is 13.8 Å². The molecule has 3 aromatic rings. The van der Waals surface area contributed by atoms with Crippen molar-refractivity contribution in [1.82, 2.24) is 15.0 Å². The molecule has 3 heterocycles. The third-order valence-electron chi connectivity index (χ3n) is 5.04. The fraction of sp³-hybridized carbons (Fsp3) is 0.381. The summed E-state index contributed by atoms with van der Waals surface area (Å²) in [6.45, 7) is 5.89. The highest BCUT2D eigenvalue weighted by Gasteiger charge is 2.17. The Bertz CT molecular complexity index is 1000. The minimum atomic E-state index is -0.910. The normalized spacial score (nSPS) is 15.1. The summed E-state index contributed by atoms with van der Waals surface area (Å²) >= 11 is 7.61. The predicted octanol–water partition coefficient (Wildman–Crippen LogP) is 5.04. The molecule has 0 aliphatic carbocycles. The van der Waals surface area contributed by atoms with E-state index < -0.39 is 6.23 Å². The lowest BCUT2D eigenvalue weighted by Crippen LogP contribution is -2.30. The van der Waals surface area contributed by atoms with Crippen molar-refractivity contribution in [2.45, 2.75) is 39.3 Å². The van der Waals surface area contributed by atoms with E-state index in [1.807, 2.05) is 32.0 Å². The van der Waals surface area contributed by atoms with Gasteiger partial charge in [0.25, 0.3) is 0 Å². The van der Waals surface area contributed by atoms with E-state index in [4.69, 9.17) is 11.6 Å². The van der Waals surface area contributed by atoms with E-state index in [-0.39, 0.29) is 0 Å². The molecule has 4 rings (SSSR count). The van der Waals surface area contributed by atoms with E-state index >= 15 is 0 Å². The molecule has 158 valence electrons. The average molecular weight is 445 g/mol. The minimum Gasteiger partial charge on any atom is -0.369 e. The summed E-state index contributed by atoms with van der Waals surface area (Å²) in [5, 5.41) is 18.1. The zero-order valence-electron chi connectivity index (χ0n) is 17.0. The third-order valence-corrected chi connectivity index (χ3v) is 6.32. The van der Waals surface area contributed by atoms with Gasteiger partial charge in [-0.25, -0.2) is 15.0 Å². The highest BCUT2D eigenvalue weighted by molar-refractivity contribution is 7.15. The fourth-order valence-corrected chi connectivity index (χ4v) is 4.54. The highest BCUT2D eigenvalue weighted by atomic mass is 35.5. The number of aryl methyl sites for hydroxylation is 2. The Morgan fingerprint density at radius 1 is 1.17 bits per heavy atom. The number of thiazole rings is 1. The number of anilines is 4. The van der Waals surface area contributed by atoms with Crippen LogP contribution in [0.5, 0.6) is 0 Å². The quantitative estimate of drug-likeness (QED) is 0.459. The molecule has 1 aromatic carbocycles. The van der Waals surface area contributed by atoms with Crippen LogP contribution in [0.3, 0.4) is 0 Å². The second kappa shape index (κ2) is 9.16. The number of nitrogens with one attached hydrogen (secondary N) is 2. The number of benzene rings is 1. The van der Waals surface area contributed by atoms with Gasteiger partial charge in [-0.2, -0.15) is 0 Å². The molecule has 1 fully saturated rings. The lowest BCUT2D eigenvalue weighted by Gasteiger charge is -2.28. The number of hydrogen-bond acceptors (Lipinski definition) is 8. The zero-order valence-corrected chi connectivity index (χ0v) is 18.6. The van der Waals surface area contributed by atoms with Gasteiger partial charge in [-0.1, -0.05) is 35.1 Å². The Kier molecular flexibility index (Phi) is 6.36. The van der Waals surface area contributed by atoms with Crippen LogP contribution in [-0.4, -0.2) is 33.1 Å². The number of hydrogen-bond donors (Lipinski definition) is 3. The molecule has 1 saturated heterocycles. The molecule has 30 heavy (non-hydrogen) atoms. The summed E-state index contributed by atoms with van der Waals surface area (Å²) in [5.41, 5.74) is 1.68. The molecule has 2 aromatic heterocycles. The van der Waals surface area contributed by atoms with Gasteiger partial charge in [0.1, 0.15) is 17.5 Å². The summed E-state index contributed by atoms with van der Waals surface area (Å²) in [7, 11) is 0. The molecule has 1 aliphatic heterocycles. The smallest absolute Gasteiger partial charge is 0.188 e. The maximum atomic E-state index is 10.6. The molecule has 1 atom stereocenters. The summed E-state index contributed by atoms with van der Waals surface area (Å²) in [6.07, 6.45) is 4.40. The topological polar surface area (TPSA) is 86.2 Å². The van der Waals surface area contributed by atoms with Crippen molar-refractivity contribution in [1.29, 1.82) is 0 Å². The van der Waals surface area contributed by atoms with E-state index in [1.54, 1.807) is 12.3 Å². The van der Waals surface area contributed by atoms with E-state index in [1.165, 1.54) is 30.6 Å². The van der Waals surface area contributed by atoms with Crippen molar-refractivity contribution >= 4 is 45.4 Å². The van der Waals surface area contributed by atoms with Crippen LogP contribution in [0.2, 0.25) is 5.02 Å². The first-order chi connectivity index (χ1) is 14.5. The van der Waals surface area contributed by atoms with Crippen molar-refractivity contribution in [3.8, 4) is 0 Å². The molecule has 0 bridgehead atoms. The van der Waals surface area contributed by atoms with Crippen molar-refractivity contribution < 1.29 is 5.11 Å². The number of nitrogens with zero attached hydrogens (tertiary/aromatic N) is 4. The van der Waals surface area contributed by atoms with Crippen LogP contribution in [-0.2, 0) is 0 Å². The third kappa shape index (κ3) is 4.83. The summed E-state index contributed by atoms with van der Waals surface area (Å²) in [4.78, 5) is 16.5. The van der Waals surface area contributed by atoms with Gasteiger partial charge in [0.15, 0.2) is 11.4 Å². The van der Waals surface area contributed by atoms with Crippen LogP contribution in [0.1, 0.15) is 41.8 Å². The van der Waals surface area contributed by atoms with Crippen molar-refractivity contribution in [3.63, 3.8) is 0 Å². The fourth-order valence-electron chi connectivity index (χ4n) is 3.50. The number of aliphatic hydroxyl groups is 1. The molecular weight excluding hydrogens is 420 g/mol. The SMILES string of the molecule is Cc1nc(Nc2ncc(C(O)Nc3c(C)cccc3Cl)s2)cc(N2CCCCC2)n1. The van der Waals surface area contributed by atoms with Gasteiger partial charge in [-0.15, -0.1) is 0 Å². The van der Waals surface area contributed by atoms with Crippen LogP contribution < -0.4 is 15.5 Å². The molecule has 7 nitrogen and oxygen atoms in total. The monoisotopic (exact) mass is 444 g/mol. The Hall–Kier alpha value is -2.42. The zero-order chi connectivity index (χ0) is 21.1. The first kappa shape index (κ1) is 20.8. The number of para-hydroxylation sites is 1. The summed E-state index contributed by atoms with van der Waals surface area (Å²) in [5.74, 6) is 2.36. The van der Waals surface area contributed by atoms with Gasteiger partial charge in [0.2, 0.25) is 0 Å². The number of halogens is 1. The molecule has 0 spiro atoms. The van der Waals surface area contributed by atoms with E-state index in [9.17, 15) is 5.11 Å². The lowest BCUT2D eigenvalue weighted by atomic mass is 10.1. The summed E-state index contributed by atoms with van der Waals surface area (Å²) < 4.78 is 0. The molecule has 0 saturated carbocycles. The highest BCUT2D eigenvalue weighted by Crippen LogP contribution is 2.32. The maximum absolute atomic E-state index is 10.6. The first-order valence-electron chi connectivity index (χ1n) is 10.0. The average Bonchev–Trinajstić information content (AvgIpc) is 3.19. The van der Waals surface area contributed by atoms with Gasteiger partial charge in [0, 0.05) is 25.4 Å². The van der Waals surface area contributed by atoms with Crippen LogP contribution >= 0.6 is 22.9 Å².